The van der Waals surface area contributed by atoms with Gasteiger partial charge in [0.05, 0.1) is 24.9 Å². The Hall–Kier alpha value is -2.86. The molecule has 2 heterocycles. The topological polar surface area (TPSA) is 75.9 Å². The number of imidazole rings is 1. The number of fused-ring (bicyclic) bond motifs is 1. The van der Waals surface area contributed by atoms with Gasteiger partial charge in [-0.25, -0.2) is 4.98 Å². The Morgan fingerprint density at radius 1 is 1.31 bits per heavy atom. The number of aliphatic hydroxyl groups excluding tert-OH is 1. The first-order valence-corrected chi connectivity index (χ1v) is 8.64. The quantitative estimate of drug-likeness (QED) is 0.714. The maximum Gasteiger partial charge on any atom is 0.270 e. The number of pyridine rings is 1. The fourth-order valence-electron chi connectivity index (χ4n) is 3.04. The lowest BCUT2D eigenvalue weighted by Crippen LogP contribution is -2.32. The Morgan fingerprint density at radius 2 is 2.04 bits per heavy atom. The molecule has 0 aliphatic carbocycles. The van der Waals surface area contributed by atoms with Gasteiger partial charge in [0.1, 0.15) is 5.69 Å². The number of nitrogens with zero attached hydrogens (tertiary/aromatic N) is 2. The number of hydrogen-bond donors (Lipinski definition) is 2. The van der Waals surface area contributed by atoms with Crippen LogP contribution in [0.3, 0.4) is 0 Å². The van der Waals surface area contributed by atoms with Crippen LogP contribution in [0.4, 0.5) is 0 Å². The van der Waals surface area contributed by atoms with E-state index in [0.29, 0.717) is 29.4 Å². The minimum absolute atomic E-state index is 0.186. The van der Waals surface area contributed by atoms with Gasteiger partial charge in [-0.15, -0.1) is 0 Å². The molecule has 0 radical (unpaired) electrons. The lowest BCUT2D eigenvalue weighted by atomic mass is 10.1. The molecule has 1 atom stereocenters. The number of aliphatic hydroxyl groups is 1. The summed E-state index contributed by atoms with van der Waals surface area (Å²) in [5, 5.41) is 12.6. The molecule has 0 saturated heterocycles. The van der Waals surface area contributed by atoms with Crippen molar-refractivity contribution >= 4 is 11.6 Å². The SMILES string of the molecule is CCOc1cc(C)cn2c(C(=O)NC(CO)c3ccccc3)c(C)nc12. The summed E-state index contributed by atoms with van der Waals surface area (Å²) in [6.07, 6.45) is 1.86. The molecule has 3 rings (SSSR count). The van der Waals surface area contributed by atoms with Crippen LogP contribution in [0, 0.1) is 13.8 Å². The van der Waals surface area contributed by atoms with Gasteiger partial charge < -0.3 is 15.2 Å². The molecule has 26 heavy (non-hydrogen) atoms. The summed E-state index contributed by atoms with van der Waals surface area (Å²) in [5.74, 6) is 0.363. The monoisotopic (exact) mass is 353 g/mol. The molecule has 6 heteroatoms. The second kappa shape index (κ2) is 7.58. The molecule has 0 spiro atoms. The van der Waals surface area contributed by atoms with Crippen molar-refractivity contribution in [3.63, 3.8) is 0 Å². The number of rotatable bonds is 6. The highest BCUT2D eigenvalue weighted by molar-refractivity contribution is 5.95. The van der Waals surface area contributed by atoms with E-state index in [9.17, 15) is 9.90 Å². The third kappa shape index (κ3) is 3.41. The van der Waals surface area contributed by atoms with E-state index in [-0.39, 0.29) is 12.5 Å². The predicted molar refractivity (Wildman–Crippen MR) is 99.6 cm³/mol. The van der Waals surface area contributed by atoms with E-state index in [4.69, 9.17) is 4.74 Å². The van der Waals surface area contributed by atoms with Crippen LogP contribution in [0.25, 0.3) is 5.65 Å². The smallest absolute Gasteiger partial charge is 0.270 e. The molecule has 0 bridgehead atoms. The summed E-state index contributed by atoms with van der Waals surface area (Å²) >= 11 is 0. The van der Waals surface area contributed by atoms with Gasteiger partial charge in [0.2, 0.25) is 0 Å². The normalized spacial score (nSPS) is 12.2. The number of carbonyl (C=O) groups is 1. The van der Waals surface area contributed by atoms with E-state index in [1.807, 2.05) is 56.4 Å². The van der Waals surface area contributed by atoms with E-state index in [1.165, 1.54) is 0 Å². The zero-order chi connectivity index (χ0) is 18.7. The van der Waals surface area contributed by atoms with Crippen LogP contribution in [-0.4, -0.2) is 33.6 Å². The number of hydrogen-bond acceptors (Lipinski definition) is 4. The highest BCUT2D eigenvalue weighted by atomic mass is 16.5. The predicted octanol–water partition coefficient (Wildman–Crippen LogP) is 2.81. The van der Waals surface area contributed by atoms with Crippen molar-refractivity contribution in [3.05, 3.63) is 65.1 Å². The van der Waals surface area contributed by atoms with Gasteiger partial charge in [0.15, 0.2) is 11.4 Å². The summed E-state index contributed by atoms with van der Waals surface area (Å²) in [4.78, 5) is 17.5. The molecular formula is C20H23N3O3. The second-order valence-electron chi connectivity index (χ2n) is 6.17. The Morgan fingerprint density at radius 3 is 2.69 bits per heavy atom. The lowest BCUT2D eigenvalue weighted by Gasteiger charge is -2.17. The number of carbonyl (C=O) groups excluding carboxylic acids is 1. The molecule has 0 aliphatic rings. The van der Waals surface area contributed by atoms with Crippen molar-refractivity contribution in [1.82, 2.24) is 14.7 Å². The van der Waals surface area contributed by atoms with Crippen LogP contribution in [0.1, 0.15) is 40.3 Å². The van der Waals surface area contributed by atoms with Gasteiger partial charge >= 0.3 is 0 Å². The van der Waals surface area contributed by atoms with E-state index in [0.717, 1.165) is 11.1 Å². The van der Waals surface area contributed by atoms with Crippen molar-refractivity contribution < 1.29 is 14.6 Å². The highest BCUT2D eigenvalue weighted by Gasteiger charge is 2.22. The molecule has 0 aliphatic heterocycles. The molecule has 0 saturated carbocycles. The first-order chi connectivity index (χ1) is 12.5. The van der Waals surface area contributed by atoms with E-state index in [2.05, 4.69) is 10.3 Å². The molecule has 136 valence electrons. The van der Waals surface area contributed by atoms with E-state index < -0.39 is 6.04 Å². The van der Waals surface area contributed by atoms with Crippen LogP contribution in [-0.2, 0) is 0 Å². The third-order valence-electron chi connectivity index (χ3n) is 4.20. The molecule has 1 unspecified atom stereocenters. The van der Waals surface area contributed by atoms with Gasteiger partial charge in [0, 0.05) is 6.20 Å². The van der Waals surface area contributed by atoms with Crippen LogP contribution in [0.5, 0.6) is 5.75 Å². The fourth-order valence-corrected chi connectivity index (χ4v) is 3.04. The Bertz CT molecular complexity index is 919. The van der Waals surface area contributed by atoms with Crippen LogP contribution in [0.15, 0.2) is 42.6 Å². The Kier molecular flexibility index (Phi) is 5.23. The molecule has 1 aromatic carbocycles. The Balaban J connectivity index is 1.99. The maximum absolute atomic E-state index is 12.9. The second-order valence-corrected chi connectivity index (χ2v) is 6.17. The standard InChI is InChI=1S/C20H23N3O3/c1-4-26-17-10-13(2)11-23-18(14(3)21-19(17)23)20(25)22-16(12-24)15-8-6-5-7-9-15/h5-11,16,24H,4,12H2,1-3H3,(H,22,25). The van der Waals surface area contributed by atoms with Gasteiger partial charge in [-0.05, 0) is 38.0 Å². The van der Waals surface area contributed by atoms with Crippen LogP contribution < -0.4 is 10.1 Å². The maximum atomic E-state index is 12.9. The molecular weight excluding hydrogens is 330 g/mol. The first kappa shape index (κ1) is 17.9. The summed E-state index contributed by atoms with van der Waals surface area (Å²) < 4.78 is 7.42. The molecule has 2 N–H and O–H groups in total. The molecule has 2 aromatic heterocycles. The number of aromatic nitrogens is 2. The first-order valence-electron chi connectivity index (χ1n) is 8.64. The summed E-state index contributed by atoms with van der Waals surface area (Å²) in [6.45, 7) is 5.98. The minimum Gasteiger partial charge on any atom is -0.490 e. The lowest BCUT2D eigenvalue weighted by molar-refractivity contribution is 0.0909. The van der Waals surface area contributed by atoms with E-state index in [1.54, 1.807) is 11.3 Å². The van der Waals surface area contributed by atoms with Gasteiger partial charge in [-0.1, -0.05) is 30.3 Å². The van der Waals surface area contributed by atoms with Crippen LogP contribution in [0.2, 0.25) is 0 Å². The van der Waals surface area contributed by atoms with Crippen molar-refractivity contribution in [3.8, 4) is 5.75 Å². The number of aryl methyl sites for hydroxylation is 2. The molecule has 0 fully saturated rings. The van der Waals surface area contributed by atoms with Gasteiger partial charge in [0.25, 0.3) is 5.91 Å². The largest absolute Gasteiger partial charge is 0.490 e. The number of ether oxygens (including phenoxy) is 1. The number of amides is 1. The zero-order valence-electron chi connectivity index (χ0n) is 15.2. The van der Waals surface area contributed by atoms with Crippen molar-refractivity contribution in [2.24, 2.45) is 0 Å². The number of nitrogens with one attached hydrogen (secondary N) is 1. The molecule has 6 nitrogen and oxygen atoms in total. The van der Waals surface area contributed by atoms with E-state index >= 15 is 0 Å². The zero-order valence-corrected chi connectivity index (χ0v) is 15.2. The van der Waals surface area contributed by atoms with Crippen molar-refractivity contribution in [2.45, 2.75) is 26.8 Å². The average molecular weight is 353 g/mol. The molecule has 1 amide bonds. The Labute approximate surface area is 152 Å². The summed E-state index contributed by atoms with van der Waals surface area (Å²) in [5.41, 5.74) is 3.48. The van der Waals surface area contributed by atoms with Crippen molar-refractivity contribution in [1.29, 1.82) is 0 Å². The number of benzene rings is 1. The summed E-state index contributed by atoms with van der Waals surface area (Å²) in [6, 6.07) is 10.8. The molecule has 3 aromatic rings. The highest BCUT2D eigenvalue weighted by Crippen LogP contribution is 2.24. The summed E-state index contributed by atoms with van der Waals surface area (Å²) in [7, 11) is 0. The van der Waals surface area contributed by atoms with Crippen molar-refractivity contribution in [2.75, 3.05) is 13.2 Å². The van der Waals surface area contributed by atoms with Gasteiger partial charge in [-0.2, -0.15) is 0 Å². The average Bonchev–Trinajstić information content (AvgIpc) is 2.96. The third-order valence-corrected chi connectivity index (χ3v) is 4.20. The van der Waals surface area contributed by atoms with Crippen LogP contribution >= 0.6 is 0 Å². The fraction of sp³-hybridized carbons (Fsp3) is 0.300. The van der Waals surface area contributed by atoms with Gasteiger partial charge in [-0.3, -0.25) is 9.20 Å². The minimum atomic E-state index is -0.482.